The van der Waals surface area contributed by atoms with Crippen LogP contribution in [0.25, 0.3) is 0 Å². The van der Waals surface area contributed by atoms with Crippen LogP contribution in [0.4, 0.5) is 0 Å². The second-order valence-electron chi connectivity index (χ2n) is 10.0. The fourth-order valence-electron chi connectivity index (χ4n) is 1.63. The van der Waals surface area contributed by atoms with E-state index in [0.717, 1.165) is 0 Å². The van der Waals surface area contributed by atoms with Crippen LogP contribution in [0, 0.1) is 23.7 Å². The molecule has 256 valence electrons. The van der Waals surface area contributed by atoms with E-state index in [1.54, 1.807) is 0 Å². The van der Waals surface area contributed by atoms with E-state index in [1.807, 2.05) is 55.4 Å². The van der Waals surface area contributed by atoms with Gasteiger partial charge in [-0.25, -0.2) is 18.3 Å². The van der Waals surface area contributed by atoms with Gasteiger partial charge in [-0.1, -0.05) is 62.8 Å². The molecule has 0 fully saturated rings. The predicted molar refractivity (Wildman–Crippen MR) is 157 cm³/mol. The largest absolute Gasteiger partial charge is 0.469 e. The van der Waals surface area contributed by atoms with Gasteiger partial charge in [-0.15, -0.1) is 0 Å². The molecule has 8 N–H and O–H groups in total. The highest BCUT2D eigenvalue weighted by molar-refractivity contribution is 7.47. The summed E-state index contributed by atoms with van der Waals surface area (Å²) >= 11 is 0. The summed E-state index contributed by atoms with van der Waals surface area (Å²) < 4.78 is 57.2. The van der Waals surface area contributed by atoms with Crippen LogP contribution in [0.3, 0.4) is 0 Å². The molecule has 0 aliphatic carbocycles. The zero-order valence-corrected chi connectivity index (χ0v) is 28.2. The van der Waals surface area contributed by atoms with E-state index in [9.17, 15) is 18.3 Å². The Bertz CT molecular complexity index is 639. The molecule has 0 saturated carbocycles. The Labute approximate surface area is 245 Å². The molecule has 0 amide bonds. The van der Waals surface area contributed by atoms with Crippen LogP contribution in [0.2, 0.25) is 0 Å². The molecule has 0 aromatic carbocycles. The molecule has 0 bridgehead atoms. The van der Waals surface area contributed by atoms with E-state index in [4.69, 9.17) is 39.1 Å². The Morgan fingerprint density at radius 3 is 0.585 bits per heavy atom. The molecule has 0 heterocycles. The van der Waals surface area contributed by atoms with Crippen LogP contribution < -0.4 is 0 Å². The maximum atomic E-state index is 10.1. The Morgan fingerprint density at radius 1 is 0.390 bits per heavy atom. The Hall–Kier alpha value is 0.440. The summed E-state index contributed by atoms with van der Waals surface area (Å²) in [6.45, 7) is 16.2. The topological polar surface area (TPSA) is 267 Å². The molecular formula is C21H56O16P4. The molecule has 41 heavy (non-hydrogen) atoms. The lowest BCUT2D eigenvalue weighted by atomic mass is 10.2. The normalized spacial score (nSPS) is 12.2. The summed E-state index contributed by atoms with van der Waals surface area (Å²) in [5.74, 6) is 1.64. The summed E-state index contributed by atoms with van der Waals surface area (Å²) in [6, 6.07) is 0. The molecule has 0 unspecified atom stereocenters. The lowest BCUT2D eigenvalue weighted by molar-refractivity contribution is 0.186. The first-order valence-electron chi connectivity index (χ1n) is 12.5. The molecule has 0 aliphatic rings. The lowest BCUT2D eigenvalue weighted by Gasteiger charge is -2.06. The molecule has 0 rings (SSSR count). The monoisotopic (exact) mass is 688 g/mol. The molecule has 16 nitrogen and oxygen atoms in total. The predicted octanol–water partition coefficient (Wildman–Crippen LogP) is 5.20. The first-order valence-corrected chi connectivity index (χ1v) is 18.6. The van der Waals surface area contributed by atoms with Gasteiger partial charge in [0.15, 0.2) is 0 Å². The van der Waals surface area contributed by atoms with Crippen molar-refractivity contribution in [3.05, 3.63) is 0 Å². The van der Waals surface area contributed by atoms with Crippen molar-refractivity contribution in [3.63, 3.8) is 0 Å². The van der Waals surface area contributed by atoms with Gasteiger partial charge in [0.05, 0.1) is 26.4 Å². The van der Waals surface area contributed by atoms with Gasteiger partial charge in [0.25, 0.3) is 0 Å². The molecule has 0 radical (unpaired) electrons. The lowest BCUT2D eigenvalue weighted by Crippen LogP contribution is -1.96. The summed E-state index contributed by atoms with van der Waals surface area (Å²) in [7, 11) is -16.9. The van der Waals surface area contributed by atoms with Crippen molar-refractivity contribution in [1.29, 1.82) is 0 Å². The van der Waals surface area contributed by atoms with Crippen LogP contribution in [0.1, 0.15) is 88.5 Å². The number of rotatable bonds is 16. The fraction of sp³-hybridized carbons (Fsp3) is 1.00. The fourth-order valence-corrected chi connectivity index (χ4v) is 3.00. The van der Waals surface area contributed by atoms with Gasteiger partial charge in [-0.3, -0.25) is 18.1 Å². The number of phosphoric ester groups is 4. The average molecular weight is 689 g/mol. The van der Waals surface area contributed by atoms with E-state index < -0.39 is 31.3 Å². The van der Waals surface area contributed by atoms with E-state index in [2.05, 4.69) is 18.1 Å². The van der Waals surface area contributed by atoms with Crippen LogP contribution >= 0.6 is 31.3 Å². The minimum atomic E-state index is -4.22. The highest BCUT2D eigenvalue weighted by atomic mass is 31.2. The maximum Gasteiger partial charge on any atom is 0.469 e. The summed E-state index contributed by atoms with van der Waals surface area (Å²) in [4.78, 5) is 65.8. The van der Waals surface area contributed by atoms with Crippen LogP contribution in [0.15, 0.2) is 0 Å². The van der Waals surface area contributed by atoms with Gasteiger partial charge in [-0.05, 0) is 49.4 Å². The second kappa shape index (κ2) is 26.8. The molecule has 0 spiro atoms. The smallest absolute Gasteiger partial charge is 0.303 e. The summed E-state index contributed by atoms with van der Waals surface area (Å²) in [5.41, 5.74) is 0. The van der Waals surface area contributed by atoms with Crippen molar-refractivity contribution in [1.82, 2.24) is 0 Å². The van der Waals surface area contributed by atoms with Crippen molar-refractivity contribution < 1.29 is 75.5 Å². The molecule has 0 saturated heterocycles. The second-order valence-corrected chi connectivity index (χ2v) is 15.0. The van der Waals surface area contributed by atoms with Crippen LogP contribution in [0.5, 0.6) is 0 Å². The van der Waals surface area contributed by atoms with Gasteiger partial charge >= 0.3 is 31.3 Å². The standard InChI is InChI=1S/4C5H13O4P.CH4/c4*1-5(2)3-4-9-10(6,7)8;/h4*5H,3-4H2,1-2H3,(H2,6,7,8);1H4. The van der Waals surface area contributed by atoms with Gasteiger partial charge < -0.3 is 39.1 Å². The Morgan fingerprint density at radius 2 is 0.512 bits per heavy atom. The molecule has 0 atom stereocenters. The van der Waals surface area contributed by atoms with Crippen LogP contribution in [-0.2, 0) is 36.4 Å². The van der Waals surface area contributed by atoms with E-state index >= 15 is 0 Å². The quantitative estimate of drug-likeness (QED) is 0.0968. The minimum Gasteiger partial charge on any atom is -0.303 e. The average Bonchev–Trinajstić information content (AvgIpc) is 2.64. The van der Waals surface area contributed by atoms with Crippen molar-refractivity contribution in [2.24, 2.45) is 23.7 Å². The van der Waals surface area contributed by atoms with Gasteiger partial charge in [-0.2, -0.15) is 0 Å². The Kier molecular flexibility index (Phi) is 33.4. The SMILES string of the molecule is C.CC(C)CCOP(=O)(O)O.CC(C)CCOP(=O)(O)O.CC(C)CCOP(=O)(O)O.CC(C)CCOP(=O)(O)O. The van der Waals surface area contributed by atoms with E-state index in [-0.39, 0.29) is 33.9 Å². The number of hydrogen-bond donors (Lipinski definition) is 8. The maximum absolute atomic E-state index is 10.1. The number of phosphoric acid groups is 4. The molecular weight excluding hydrogens is 632 g/mol. The third-order valence-corrected chi connectivity index (χ3v) is 5.89. The zero-order chi connectivity index (χ0) is 32.8. The first-order chi connectivity index (χ1) is 17.7. The third kappa shape index (κ3) is 73.9. The highest BCUT2D eigenvalue weighted by Gasteiger charge is 2.14. The molecule has 0 aromatic rings. The van der Waals surface area contributed by atoms with Crippen molar-refractivity contribution >= 4 is 31.3 Å². The number of hydrogen-bond acceptors (Lipinski definition) is 8. The van der Waals surface area contributed by atoms with Gasteiger partial charge in [0.1, 0.15) is 0 Å². The van der Waals surface area contributed by atoms with Crippen molar-refractivity contribution in [2.75, 3.05) is 26.4 Å². The third-order valence-electron chi connectivity index (χ3n) is 3.82. The van der Waals surface area contributed by atoms with Crippen LogP contribution in [-0.4, -0.2) is 65.6 Å². The minimum absolute atomic E-state index is 0. The zero-order valence-electron chi connectivity index (χ0n) is 24.6. The molecule has 0 aromatic heterocycles. The molecule has 20 heteroatoms. The van der Waals surface area contributed by atoms with Gasteiger partial charge in [0.2, 0.25) is 0 Å². The highest BCUT2D eigenvalue weighted by Crippen LogP contribution is 2.37. The van der Waals surface area contributed by atoms with E-state index in [1.165, 1.54) is 0 Å². The Balaban J connectivity index is -0.000000139. The first kappa shape index (κ1) is 51.0. The summed E-state index contributed by atoms with van der Waals surface area (Å²) in [6.07, 6.45) is 2.69. The van der Waals surface area contributed by atoms with Crippen molar-refractivity contribution in [3.8, 4) is 0 Å². The summed E-state index contributed by atoms with van der Waals surface area (Å²) in [5, 5.41) is 0. The molecule has 0 aliphatic heterocycles. The van der Waals surface area contributed by atoms with Crippen molar-refractivity contribution in [2.45, 2.75) is 88.5 Å². The van der Waals surface area contributed by atoms with Gasteiger partial charge in [0, 0.05) is 0 Å². The van der Waals surface area contributed by atoms with E-state index in [0.29, 0.717) is 49.4 Å².